The quantitative estimate of drug-likeness (QED) is 0.710. The summed E-state index contributed by atoms with van der Waals surface area (Å²) in [6, 6.07) is 14.0. The molecule has 1 N–H and O–H groups in total. The Balaban J connectivity index is 1.50. The molecular formula is C20H25N5O. The highest BCUT2D eigenvalue weighted by Crippen LogP contribution is 2.17. The van der Waals surface area contributed by atoms with Crippen LogP contribution < -0.4 is 0 Å². The average Bonchev–Trinajstić information content (AvgIpc) is 3.22. The minimum atomic E-state index is 0.127. The Morgan fingerprint density at radius 3 is 2.65 bits per heavy atom. The first kappa shape index (κ1) is 17.9. The van der Waals surface area contributed by atoms with Gasteiger partial charge in [-0.05, 0) is 32.4 Å². The van der Waals surface area contributed by atoms with E-state index in [1.807, 2.05) is 62.0 Å². The molecule has 3 aromatic rings. The van der Waals surface area contributed by atoms with Crippen LogP contribution >= 0.6 is 0 Å². The number of H-pyrrole nitrogens is 1. The van der Waals surface area contributed by atoms with E-state index in [0.29, 0.717) is 13.0 Å². The standard InChI is InChI=1S/C20H25N5O/c1-15-12-16(2)25(23-15)11-7-10-20(26)24(3)14-18-13-19(22-21-18)17-8-5-4-6-9-17/h4-6,8-9,12-13H,7,10-11,14H2,1-3H3,(H,21,22). The van der Waals surface area contributed by atoms with Gasteiger partial charge in [0.25, 0.3) is 0 Å². The monoisotopic (exact) mass is 351 g/mol. The van der Waals surface area contributed by atoms with Crippen LogP contribution in [0, 0.1) is 13.8 Å². The molecule has 0 unspecified atom stereocenters. The van der Waals surface area contributed by atoms with Gasteiger partial charge in [-0.15, -0.1) is 0 Å². The molecule has 0 saturated heterocycles. The molecule has 3 rings (SSSR count). The molecule has 6 heteroatoms. The van der Waals surface area contributed by atoms with Gasteiger partial charge in [0.05, 0.1) is 23.6 Å². The molecule has 0 fully saturated rings. The van der Waals surface area contributed by atoms with E-state index in [1.54, 1.807) is 4.90 Å². The number of nitrogens with zero attached hydrogens (tertiary/aromatic N) is 4. The van der Waals surface area contributed by atoms with Crippen molar-refractivity contribution in [2.45, 2.75) is 39.8 Å². The molecule has 2 aromatic heterocycles. The first-order valence-corrected chi connectivity index (χ1v) is 8.87. The highest BCUT2D eigenvalue weighted by atomic mass is 16.2. The summed E-state index contributed by atoms with van der Waals surface area (Å²) >= 11 is 0. The van der Waals surface area contributed by atoms with Gasteiger partial charge in [-0.2, -0.15) is 10.2 Å². The number of benzene rings is 1. The number of carbonyl (C=O) groups is 1. The maximum atomic E-state index is 12.4. The largest absolute Gasteiger partial charge is 0.340 e. The third-order valence-corrected chi connectivity index (χ3v) is 4.40. The van der Waals surface area contributed by atoms with Gasteiger partial charge in [0.2, 0.25) is 5.91 Å². The Hall–Kier alpha value is -2.89. The van der Waals surface area contributed by atoms with E-state index in [9.17, 15) is 4.79 Å². The number of nitrogens with one attached hydrogen (secondary N) is 1. The van der Waals surface area contributed by atoms with Gasteiger partial charge in [-0.3, -0.25) is 14.6 Å². The highest BCUT2D eigenvalue weighted by Gasteiger charge is 2.12. The summed E-state index contributed by atoms with van der Waals surface area (Å²) in [4.78, 5) is 14.1. The molecule has 1 amide bonds. The summed E-state index contributed by atoms with van der Waals surface area (Å²) in [6.07, 6.45) is 1.29. The molecule has 0 atom stereocenters. The lowest BCUT2D eigenvalue weighted by molar-refractivity contribution is -0.130. The first-order chi connectivity index (χ1) is 12.5. The summed E-state index contributed by atoms with van der Waals surface area (Å²) in [5.41, 5.74) is 5.03. The predicted molar refractivity (Wildman–Crippen MR) is 101 cm³/mol. The number of carbonyl (C=O) groups excluding carboxylic acids is 1. The van der Waals surface area contributed by atoms with Gasteiger partial charge >= 0.3 is 0 Å². The number of rotatable bonds is 7. The molecule has 0 radical (unpaired) electrons. The zero-order chi connectivity index (χ0) is 18.5. The number of aromatic amines is 1. The van der Waals surface area contributed by atoms with E-state index < -0.39 is 0 Å². The molecule has 136 valence electrons. The van der Waals surface area contributed by atoms with Crippen molar-refractivity contribution in [3.8, 4) is 11.3 Å². The molecule has 0 aliphatic heterocycles. The van der Waals surface area contributed by atoms with Crippen LogP contribution in [0.15, 0.2) is 42.5 Å². The van der Waals surface area contributed by atoms with Crippen LogP contribution in [0.1, 0.15) is 29.9 Å². The Morgan fingerprint density at radius 2 is 1.96 bits per heavy atom. The van der Waals surface area contributed by atoms with Crippen LogP contribution in [0.3, 0.4) is 0 Å². The second-order valence-electron chi connectivity index (χ2n) is 6.65. The first-order valence-electron chi connectivity index (χ1n) is 8.87. The van der Waals surface area contributed by atoms with Gasteiger partial charge in [-0.1, -0.05) is 30.3 Å². The summed E-state index contributed by atoms with van der Waals surface area (Å²) in [5.74, 6) is 0.127. The predicted octanol–water partition coefficient (Wildman–Crippen LogP) is 3.33. The summed E-state index contributed by atoms with van der Waals surface area (Å²) in [7, 11) is 1.83. The fraction of sp³-hybridized carbons (Fsp3) is 0.350. The second-order valence-corrected chi connectivity index (χ2v) is 6.65. The Kier molecular flexibility index (Phi) is 5.51. The summed E-state index contributed by atoms with van der Waals surface area (Å²) < 4.78 is 1.96. The lowest BCUT2D eigenvalue weighted by Crippen LogP contribution is -2.26. The third kappa shape index (κ3) is 4.39. The van der Waals surface area contributed by atoms with Crippen molar-refractivity contribution < 1.29 is 4.79 Å². The number of aryl methyl sites for hydroxylation is 3. The van der Waals surface area contributed by atoms with Crippen LogP contribution in [0.25, 0.3) is 11.3 Å². The topological polar surface area (TPSA) is 66.8 Å². The normalized spacial score (nSPS) is 10.9. The van der Waals surface area contributed by atoms with Gasteiger partial charge in [0.15, 0.2) is 0 Å². The second kappa shape index (κ2) is 7.99. The van der Waals surface area contributed by atoms with Crippen LogP contribution in [0.2, 0.25) is 0 Å². The molecule has 6 nitrogen and oxygen atoms in total. The molecule has 0 bridgehead atoms. The van der Waals surface area contributed by atoms with E-state index >= 15 is 0 Å². The lowest BCUT2D eigenvalue weighted by atomic mass is 10.1. The molecule has 0 spiro atoms. The minimum absolute atomic E-state index is 0.127. The number of aromatic nitrogens is 4. The maximum absolute atomic E-state index is 12.4. The van der Waals surface area contributed by atoms with Crippen molar-refractivity contribution in [3.05, 3.63) is 59.5 Å². The van der Waals surface area contributed by atoms with E-state index in [0.717, 1.165) is 41.3 Å². The third-order valence-electron chi connectivity index (χ3n) is 4.40. The van der Waals surface area contributed by atoms with Gasteiger partial charge < -0.3 is 4.90 Å². The van der Waals surface area contributed by atoms with E-state index in [2.05, 4.69) is 21.4 Å². The molecule has 0 aliphatic rings. The van der Waals surface area contributed by atoms with E-state index in [-0.39, 0.29) is 5.91 Å². The molecule has 1 aromatic carbocycles. The van der Waals surface area contributed by atoms with Gasteiger partial charge in [0.1, 0.15) is 0 Å². The fourth-order valence-electron chi connectivity index (χ4n) is 3.02. The van der Waals surface area contributed by atoms with Crippen LogP contribution in [-0.2, 0) is 17.9 Å². The molecule has 2 heterocycles. The zero-order valence-electron chi connectivity index (χ0n) is 15.6. The molecular weight excluding hydrogens is 326 g/mol. The molecule has 0 aliphatic carbocycles. The highest BCUT2D eigenvalue weighted by molar-refractivity contribution is 5.75. The Labute approximate surface area is 153 Å². The Bertz CT molecular complexity index is 865. The van der Waals surface area contributed by atoms with Gasteiger partial charge in [0, 0.05) is 31.3 Å². The van der Waals surface area contributed by atoms with Crippen molar-refractivity contribution in [2.24, 2.45) is 0 Å². The van der Waals surface area contributed by atoms with Crippen molar-refractivity contribution in [1.29, 1.82) is 0 Å². The molecule has 26 heavy (non-hydrogen) atoms. The van der Waals surface area contributed by atoms with E-state index in [4.69, 9.17) is 0 Å². The van der Waals surface area contributed by atoms with Crippen LogP contribution in [0.5, 0.6) is 0 Å². The lowest BCUT2D eigenvalue weighted by Gasteiger charge is -2.16. The summed E-state index contributed by atoms with van der Waals surface area (Å²) in [5, 5.41) is 11.8. The van der Waals surface area contributed by atoms with Crippen LogP contribution in [-0.4, -0.2) is 37.8 Å². The Morgan fingerprint density at radius 1 is 1.19 bits per heavy atom. The van der Waals surface area contributed by atoms with E-state index in [1.165, 1.54) is 0 Å². The van der Waals surface area contributed by atoms with Crippen molar-refractivity contribution >= 4 is 5.91 Å². The smallest absolute Gasteiger partial charge is 0.222 e. The SMILES string of the molecule is Cc1cc(C)n(CCCC(=O)N(C)Cc2cc(-c3ccccc3)n[nH]2)n1. The maximum Gasteiger partial charge on any atom is 0.222 e. The minimum Gasteiger partial charge on any atom is -0.340 e. The molecule has 0 saturated carbocycles. The van der Waals surface area contributed by atoms with Crippen molar-refractivity contribution in [2.75, 3.05) is 7.05 Å². The number of amides is 1. The number of hydrogen-bond donors (Lipinski definition) is 1. The van der Waals surface area contributed by atoms with Gasteiger partial charge in [-0.25, -0.2) is 0 Å². The van der Waals surface area contributed by atoms with Crippen molar-refractivity contribution in [1.82, 2.24) is 24.9 Å². The average molecular weight is 351 g/mol. The number of hydrogen-bond acceptors (Lipinski definition) is 3. The zero-order valence-corrected chi connectivity index (χ0v) is 15.6. The van der Waals surface area contributed by atoms with Crippen molar-refractivity contribution in [3.63, 3.8) is 0 Å². The fourth-order valence-corrected chi connectivity index (χ4v) is 3.02. The van der Waals surface area contributed by atoms with Crippen LogP contribution in [0.4, 0.5) is 0 Å². The summed E-state index contributed by atoms with van der Waals surface area (Å²) in [6.45, 7) is 5.31.